The van der Waals surface area contributed by atoms with Crippen LogP contribution in [0.4, 0.5) is 0 Å². The topological polar surface area (TPSA) is 39.7 Å². The van der Waals surface area contributed by atoms with E-state index >= 15 is 0 Å². The van der Waals surface area contributed by atoms with E-state index in [-0.39, 0.29) is 0 Å². The SMILES string of the molecule is CCCC1CC1NCCOCCOCCOC. The van der Waals surface area contributed by atoms with Crippen LogP contribution in [0.1, 0.15) is 26.2 Å². The minimum absolute atomic E-state index is 0.652. The van der Waals surface area contributed by atoms with Crippen LogP contribution >= 0.6 is 0 Å². The van der Waals surface area contributed by atoms with Gasteiger partial charge in [-0.25, -0.2) is 0 Å². The van der Waals surface area contributed by atoms with Crippen molar-refractivity contribution in [2.75, 3.05) is 46.7 Å². The Bertz CT molecular complexity index is 178. The standard InChI is InChI=1S/C13H27NO3/c1-3-4-12-11-13(12)14-5-6-16-9-10-17-8-7-15-2/h12-14H,3-11H2,1-2H3. The second kappa shape index (κ2) is 9.83. The normalized spacial score (nSPS) is 22.9. The van der Waals surface area contributed by atoms with E-state index in [0.29, 0.717) is 26.4 Å². The molecule has 2 atom stereocenters. The first-order valence-corrected chi connectivity index (χ1v) is 6.76. The predicted octanol–water partition coefficient (Wildman–Crippen LogP) is 1.44. The fraction of sp³-hybridized carbons (Fsp3) is 1.00. The summed E-state index contributed by atoms with van der Waals surface area (Å²) in [6.45, 7) is 6.63. The van der Waals surface area contributed by atoms with Gasteiger partial charge in [0.15, 0.2) is 0 Å². The first-order valence-electron chi connectivity index (χ1n) is 6.76. The van der Waals surface area contributed by atoms with Gasteiger partial charge in [-0.1, -0.05) is 13.3 Å². The van der Waals surface area contributed by atoms with Crippen molar-refractivity contribution < 1.29 is 14.2 Å². The van der Waals surface area contributed by atoms with Crippen molar-refractivity contribution in [3.8, 4) is 0 Å². The summed E-state index contributed by atoms with van der Waals surface area (Å²) in [7, 11) is 1.68. The van der Waals surface area contributed by atoms with Crippen LogP contribution in [-0.2, 0) is 14.2 Å². The van der Waals surface area contributed by atoms with Crippen LogP contribution < -0.4 is 5.32 Å². The lowest BCUT2D eigenvalue weighted by Crippen LogP contribution is -2.24. The average molecular weight is 245 g/mol. The van der Waals surface area contributed by atoms with Crippen molar-refractivity contribution in [2.24, 2.45) is 5.92 Å². The molecule has 0 aromatic carbocycles. The zero-order chi connectivity index (χ0) is 12.3. The van der Waals surface area contributed by atoms with Crippen molar-refractivity contribution in [1.29, 1.82) is 0 Å². The van der Waals surface area contributed by atoms with Gasteiger partial charge in [0.2, 0.25) is 0 Å². The third-order valence-corrected chi connectivity index (χ3v) is 3.04. The van der Waals surface area contributed by atoms with E-state index in [2.05, 4.69) is 12.2 Å². The lowest BCUT2D eigenvalue weighted by molar-refractivity contribution is 0.0255. The first kappa shape index (κ1) is 14.9. The van der Waals surface area contributed by atoms with Gasteiger partial charge in [0, 0.05) is 19.7 Å². The molecule has 0 amide bonds. The van der Waals surface area contributed by atoms with E-state index in [9.17, 15) is 0 Å². The van der Waals surface area contributed by atoms with Gasteiger partial charge in [0.05, 0.1) is 33.0 Å². The van der Waals surface area contributed by atoms with Crippen LogP contribution in [0.15, 0.2) is 0 Å². The summed E-state index contributed by atoms with van der Waals surface area (Å²) in [5.41, 5.74) is 0. The van der Waals surface area contributed by atoms with E-state index in [0.717, 1.165) is 25.1 Å². The molecule has 2 unspecified atom stereocenters. The smallest absolute Gasteiger partial charge is 0.0701 e. The van der Waals surface area contributed by atoms with Crippen LogP contribution in [0.2, 0.25) is 0 Å². The van der Waals surface area contributed by atoms with Crippen LogP contribution in [0.25, 0.3) is 0 Å². The molecule has 0 heterocycles. The lowest BCUT2D eigenvalue weighted by atomic mass is 10.2. The summed E-state index contributed by atoms with van der Waals surface area (Å²) in [4.78, 5) is 0. The Morgan fingerprint density at radius 3 is 2.47 bits per heavy atom. The highest BCUT2D eigenvalue weighted by molar-refractivity contribution is 4.92. The Labute approximate surface area is 105 Å². The maximum atomic E-state index is 5.46. The minimum Gasteiger partial charge on any atom is -0.382 e. The molecule has 1 rings (SSSR count). The molecule has 17 heavy (non-hydrogen) atoms. The summed E-state index contributed by atoms with van der Waals surface area (Å²) in [6, 6.07) is 0.761. The third-order valence-electron chi connectivity index (χ3n) is 3.04. The molecule has 0 aliphatic heterocycles. The van der Waals surface area contributed by atoms with Gasteiger partial charge in [-0.05, 0) is 18.8 Å². The number of nitrogens with one attached hydrogen (secondary N) is 1. The molecule has 1 fully saturated rings. The Hall–Kier alpha value is -0.160. The van der Waals surface area contributed by atoms with Gasteiger partial charge in [-0.2, -0.15) is 0 Å². The molecule has 0 radical (unpaired) electrons. The lowest BCUT2D eigenvalue weighted by Gasteiger charge is -2.06. The van der Waals surface area contributed by atoms with Crippen molar-refractivity contribution in [3.05, 3.63) is 0 Å². The number of hydrogen-bond acceptors (Lipinski definition) is 4. The largest absolute Gasteiger partial charge is 0.382 e. The van der Waals surface area contributed by atoms with E-state index in [1.165, 1.54) is 19.3 Å². The van der Waals surface area contributed by atoms with Gasteiger partial charge in [-0.15, -0.1) is 0 Å². The summed E-state index contributed by atoms with van der Waals surface area (Å²) < 4.78 is 15.6. The average Bonchev–Trinajstić information content (AvgIpc) is 3.06. The van der Waals surface area contributed by atoms with E-state index < -0.39 is 0 Å². The highest BCUT2D eigenvalue weighted by Gasteiger charge is 2.34. The molecule has 1 aliphatic rings. The van der Waals surface area contributed by atoms with E-state index in [1.807, 2.05) is 0 Å². The maximum Gasteiger partial charge on any atom is 0.0701 e. The molecule has 0 aromatic heterocycles. The molecule has 0 bridgehead atoms. The molecule has 0 aromatic rings. The number of methoxy groups -OCH3 is 1. The van der Waals surface area contributed by atoms with E-state index in [1.54, 1.807) is 7.11 Å². The highest BCUT2D eigenvalue weighted by atomic mass is 16.5. The van der Waals surface area contributed by atoms with Crippen LogP contribution in [0.3, 0.4) is 0 Å². The third kappa shape index (κ3) is 7.71. The van der Waals surface area contributed by atoms with Crippen LogP contribution in [0, 0.1) is 5.92 Å². The second-order valence-electron chi connectivity index (χ2n) is 4.56. The Morgan fingerprint density at radius 2 is 1.76 bits per heavy atom. The second-order valence-corrected chi connectivity index (χ2v) is 4.56. The fourth-order valence-corrected chi connectivity index (χ4v) is 1.97. The Morgan fingerprint density at radius 1 is 1.06 bits per heavy atom. The van der Waals surface area contributed by atoms with Gasteiger partial charge in [-0.3, -0.25) is 0 Å². The number of ether oxygens (including phenoxy) is 3. The zero-order valence-corrected chi connectivity index (χ0v) is 11.2. The molecule has 1 aliphatic carbocycles. The maximum absolute atomic E-state index is 5.46. The molecule has 0 saturated heterocycles. The molecule has 102 valence electrons. The summed E-state index contributed by atoms with van der Waals surface area (Å²) in [5, 5.41) is 3.52. The number of rotatable bonds is 12. The minimum atomic E-state index is 0.652. The fourth-order valence-electron chi connectivity index (χ4n) is 1.97. The molecular weight excluding hydrogens is 218 g/mol. The molecule has 1 saturated carbocycles. The summed E-state index contributed by atoms with van der Waals surface area (Å²) in [6.07, 6.45) is 4.03. The first-order chi connectivity index (χ1) is 8.38. The monoisotopic (exact) mass is 245 g/mol. The molecule has 1 N–H and O–H groups in total. The van der Waals surface area contributed by atoms with Gasteiger partial charge in [0.1, 0.15) is 0 Å². The van der Waals surface area contributed by atoms with Gasteiger partial charge in [0.25, 0.3) is 0 Å². The predicted molar refractivity (Wildman–Crippen MR) is 68.3 cm³/mol. The zero-order valence-electron chi connectivity index (χ0n) is 11.2. The van der Waals surface area contributed by atoms with Crippen LogP contribution in [0.5, 0.6) is 0 Å². The molecule has 4 heteroatoms. The Kier molecular flexibility index (Phi) is 8.61. The summed E-state index contributed by atoms with van der Waals surface area (Å²) >= 11 is 0. The summed E-state index contributed by atoms with van der Waals surface area (Å²) in [5.74, 6) is 0.928. The van der Waals surface area contributed by atoms with Crippen molar-refractivity contribution >= 4 is 0 Å². The van der Waals surface area contributed by atoms with Gasteiger partial charge >= 0.3 is 0 Å². The van der Waals surface area contributed by atoms with Crippen molar-refractivity contribution in [3.63, 3.8) is 0 Å². The van der Waals surface area contributed by atoms with Crippen molar-refractivity contribution in [1.82, 2.24) is 5.32 Å². The Balaban J connectivity index is 1.71. The number of hydrogen-bond donors (Lipinski definition) is 1. The molecule has 0 spiro atoms. The van der Waals surface area contributed by atoms with Gasteiger partial charge < -0.3 is 19.5 Å². The highest BCUT2D eigenvalue weighted by Crippen LogP contribution is 2.34. The molecular formula is C13H27NO3. The quantitative estimate of drug-likeness (QED) is 0.528. The van der Waals surface area contributed by atoms with E-state index in [4.69, 9.17) is 14.2 Å². The molecule has 4 nitrogen and oxygen atoms in total. The van der Waals surface area contributed by atoms with Crippen LogP contribution in [-0.4, -0.2) is 52.7 Å². The van der Waals surface area contributed by atoms with Crippen molar-refractivity contribution in [2.45, 2.75) is 32.2 Å².